The molecule has 0 unspecified atom stereocenters. The molecule has 2 aromatic rings. The van der Waals surface area contributed by atoms with E-state index < -0.39 is 0 Å². The number of aliphatic hydroxyl groups is 1. The fraction of sp³-hybridized carbons (Fsp3) is 0.455. The van der Waals surface area contributed by atoms with Crippen LogP contribution in [-0.2, 0) is 5.41 Å². The molecule has 0 aliphatic heterocycles. The second-order valence-electron chi connectivity index (χ2n) is 8.22. The molecule has 1 aliphatic carbocycles. The highest BCUT2D eigenvalue weighted by atomic mass is 16.3. The van der Waals surface area contributed by atoms with Crippen molar-refractivity contribution in [3.63, 3.8) is 0 Å². The number of benzene rings is 1. The van der Waals surface area contributed by atoms with Crippen molar-refractivity contribution in [3.8, 4) is 11.8 Å². The smallest absolute Gasteiger partial charge is 0.222 e. The quantitative estimate of drug-likeness (QED) is 0.711. The number of hydrogen-bond acceptors (Lipinski definition) is 5. The summed E-state index contributed by atoms with van der Waals surface area (Å²) in [6.07, 6.45) is 4.91. The third kappa shape index (κ3) is 5.21. The zero-order valence-corrected chi connectivity index (χ0v) is 16.3. The largest absolute Gasteiger partial charge is 0.393 e. The molecule has 0 radical (unpaired) electrons. The Kier molecular flexibility index (Phi) is 5.67. The predicted molar refractivity (Wildman–Crippen MR) is 109 cm³/mol. The summed E-state index contributed by atoms with van der Waals surface area (Å²) in [4.78, 5) is 8.42. The lowest BCUT2D eigenvalue weighted by Gasteiger charge is -2.26. The first-order valence-corrected chi connectivity index (χ1v) is 9.51. The Hall–Kier alpha value is -2.58. The summed E-state index contributed by atoms with van der Waals surface area (Å²) < 4.78 is 0. The number of nitrogens with two attached hydrogens (primary N) is 1. The molecule has 4 N–H and O–H groups in total. The van der Waals surface area contributed by atoms with Gasteiger partial charge in [0.1, 0.15) is 5.82 Å². The van der Waals surface area contributed by atoms with E-state index in [1.54, 1.807) is 6.20 Å². The molecule has 1 aromatic carbocycles. The highest BCUT2D eigenvalue weighted by Gasteiger charge is 2.20. The van der Waals surface area contributed by atoms with E-state index in [1.165, 1.54) is 5.56 Å². The lowest BCUT2D eigenvalue weighted by molar-refractivity contribution is 0.126. The van der Waals surface area contributed by atoms with E-state index in [9.17, 15) is 5.11 Å². The monoisotopic (exact) mass is 364 g/mol. The molecule has 1 fully saturated rings. The molecule has 3 rings (SSSR count). The van der Waals surface area contributed by atoms with Gasteiger partial charge in [0.2, 0.25) is 5.95 Å². The number of aliphatic hydroxyl groups excluding tert-OH is 1. The minimum atomic E-state index is -0.186. The van der Waals surface area contributed by atoms with Gasteiger partial charge in [-0.25, -0.2) is 4.98 Å². The van der Waals surface area contributed by atoms with Gasteiger partial charge in [-0.1, -0.05) is 44.7 Å². The summed E-state index contributed by atoms with van der Waals surface area (Å²) in [5.41, 5.74) is 8.86. The maximum Gasteiger partial charge on any atom is 0.222 e. The number of anilines is 2. The van der Waals surface area contributed by atoms with Crippen LogP contribution in [0.25, 0.3) is 0 Å². The SMILES string of the molecule is CC(C)(C)c1ccc(C#Cc2cnc(N)nc2NC2CCC(O)CC2)cc1. The average Bonchev–Trinajstić information content (AvgIpc) is 2.63. The predicted octanol–water partition coefficient (Wildman–Crippen LogP) is 3.47. The van der Waals surface area contributed by atoms with Crippen LogP contribution in [-0.4, -0.2) is 27.2 Å². The van der Waals surface area contributed by atoms with Gasteiger partial charge in [-0.05, 0) is 48.8 Å². The third-order valence-corrected chi connectivity index (χ3v) is 4.94. The fourth-order valence-electron chi connectivity index (χ4n) is 3.20. The van der Waals surface area contributed by atoms with Crippen molar-refractivity contribution in [2.45, 2.75) is 64.0 Å². The van der Waals surface area contributed by atoms with Gasteiger partial charge in [-0.2, -0.15) is 4.98 Å². The summed E-state index contributed by atoms with van der Waals surface area (Å²) in [7, 11) is 0. The number of nitrogens with zero attached hydrogens (tertiary/aromatic N) is 2. The Balaban J connectivity index is 1.78. The number of nitrogens with one attached hydrogen (secondary N) is 1. The van der Waals surface area contributed by atoms with Crippen molar-refractivity contribution in [3.05, 3.63) is 47.2 Å². The first kappa shape index (κ1) is 19.2. The minimum Gasteiger partial charge on any atom is -0.393 e. The molecule has 1 aromatic heterocycles. The lowest BCUT2D eigenvalue weighted by Crippen LogP contribution is -2.29. The first-order chi connectivity index (χ1) is 12.8. The maximum absolute atomic E-state index is 9.68. The summed E-state index contributed by atoms with van der Waals surface area (Å²) in [5, 5.41) is 13.1. The van der Waals surface area contributed by atoms with Gasteiger partial charge in [-0.15, -0.1) is 0 Å². The lowest BCUT2D eigenvalue weighted by atomic mass is 9.87. The molecule has 27 heavy (non-hydrogen) atoms. The van der Waals surface area contributed by atoms with Crippen LogP contribution >= 0.6 is 0 Å². The number of rotatable bonds is 2. The van der Waals surface area contributed by atoms with Crippen LogP contribution in [0.1, 0.15) is 63.1 Å². The summed E-state index contributed by atoms with van der Waals surface area (Å²) in [5.74, 6) is 7.26. The van der Waals surface area contributed by atoms with Crippen LogP contribution in [0.2, 0.25) is 0 Å². The summed E-state index contributed by atoms with van der Waals surface area (Å²) in [6, 6.07) is 8.60. The first-order valence-electron chi connectivity index (χ1n) is 9.51. The van der Waals surface area contributed by atoms with Crippen molar-refractivity contribution in [2.75, 3.05) is 11.1 Å². The van der Waals surface area contributed by atoms with Crippen molar-refractivity contribution < 1.29 is 5.11 Å². The fourth-order valence-corrected chi connectivity index (χ4v) is 3.20. The number of nitrogen functional groups attached to an aromatic ring is 1. The van der Waals surface area contributed by atoms with Gasteiger partial charge in [0, 0.05) is 11.6 Å². The standard InChI is InChI=1S/C22H28N4O/c1-22(2,3)17-8-5-15(6-9-17)4-7-16-14-24-21(23)26-20(16)25-18-10-12-19(27)13-11-18/h5-6,8-9,14,18-19,27H,10-13H2,1-3H3,(H3,23,24,25,26). The highest BCUT2D eigenvalue weighted by molar-refractivity contribution is 5.57. The highest BCUT2D eigenvalue weighted by Crippen LogP contribution is 2.24. The van der Waals surface area contributed by atoms with Gasteiger partial charge in [-0.3, -0.25) is 0 Å². The van der Waals surface area contributed by atoms with E-state index in [2.05, 4.69) is 60.0 Å². The zero-order valence-electron chi connectivity index (χ0n) is 16.3. The van der Waals surface area contributed by atoms with Crippen LogP contribution < -0.4 is 11.1 Å². The summed E-state index contributed by atoms with van der Waals surface area (Å²) >= 11 is 0. The van der Waals surface area contributed by atoms with Crippen molar-refractivity contribution in [1.82, 2.24) is 9.97 Å². The Morgan fingerprint density at radius 2 is 1.74 bits per heavy atom. The van der Waals surface area contributed by atoms with Crippen LogP contribution in [0.5, 0.6) is 0 Å². The van der Waals surface area contributed by atoms with E-state index in [1.807, 2.05) is 12.1 Å². The molecule has 0 atom stereocenters. The van der Waals surface area contributed by atoms with Gasteiger partial charge in [0.15, 0.2) is 0 Å². The molecule has 0 saturated heterocycles. The second kappa shape index (κ2) is 7.98. The van der Waals surface area contributed by atoms with E-state index in [4.69, 9.17) is 5.73 Å². The van der Waals surface area contributed by atoms with Gasteiger partial charge in [0.25, 0.3) is 0 Å². The Morgan fingerprint density at radius 1 is 1.07 bits per heavy atom. The Bertz CT molecular complexity index is 835. The summed E-state index contributed by atoms with van der Waals surface area (Å²) in [6.45, 7) is 6.59. The van der Waals surface area contributed by atoms with Gasteiger partial charge < -0.3 is 16.2 Å². The molecule has 0 spiro atoms. The Labute approximate surface area is 161 Å². The van der Waals surface area contributed by atoms with Crippen molar-refractivity contribution >= 4 is 11.8 Å². The zero-order chi connectivity index (χ0) is 19.4. The van der Waals surface area contributed by atoms with E-state index in [-0.39, 0.29) is 23.5 Å². The molecule has 5 nitrogen and oxygen atoms in total. The number of aromatic nitrogens is 2. The van der Waals surface area contributed by atoms with Crippen LogP contribution in [0.4, 0.5) is 11.8 Å². The van der Waals surface area contributed by atoms with Crippen molar-refractivity contribution in [1.29, 1.82) is 0 Å². The molecular weight excluding hydrogens is 336 g/mol. The Morgan fingerprint density at radius 3 is 2.37 bits per heavy atom. The average molecular weight is 364 g/mol. The van der Waals surface area contributed by atoms with E-state index >= 15 is 0 Å². The van der Waals surface area contributed by atoms with Crippen LogP contribution in [0.15, 0.2) is 30.5 Å². The van der Waals surface area contributed by atoms with Crippen LogP contribution in [0, 0.1) is 11.8 Å². The number of hydrogen-bond donors (Lipinski definition) is 3. The molecular formula is C22H28N4O. The minimum absolute atomic E-state index is 0.126. The van der Waals surface area contributed by atoms with Crippen LogP contribution in [0.3, 0.4) is 0 Å². The topological polar surface area (TPSA) is 84.1 Å². The van der Waals surface area contributed by atoms with Crippen molar-refractivity contribution in [2.24, 2.45) is 0 Å². The maximum atomic E-state index is 9.68. The molecule has 1 heterocycles. The third-order valence-electron chi connectivity index (χ3n) is 4.94. The van der Waals surface area contributed by atoms with E-state index in [0.29, 0.717) is 5.82 Å². The van der Waals surface area contributed by atoms with Gasteiger partial charge >= 0.3 is 0 Å². The molecule has 142 valence electrons. The molecule has 1 aliphatic rings. The van der Waals surface area contributed by atoms with Gasteiger partial charge in [0.05, 0.1) is 17.9 Å². The van der Waals surface area contributed by atoms with E-state index in [0.717, 1.165) is 36.8 Å². The molecule has 0 bridgehead atoms. The second-order valence-corrected chi connectivity index (χ2v) is 8.22. The molecule has 0 amide bonds. The normalized spacial score (nSPS) is 19.9. The molecule has 5 heteroatoms. The molecule has 1 saturated carbocycles.